The van der Waals surface area contributed by atoms with Gasteiger partial charge in [-0.3, -0.25) is 20.5 Å². The van der Waals surface area contributed by atoms with Crippen molar-refractivity contribution in [1.82, 2.24) is 21.1 Å². The Labute approximate surface area is 184 Å². The summed E-state index contributed by atoms with van der Waals surface area (Å²) in [6, 6.07) is 5.68. The molecule has 0 aliphatic carbocycles. The number of hydrogen-bond acceptors (Lipinski definition) is 7. The van der Waals surface area contributed by atoms with Gasteiger partial charge in [0.15, 0.2) is 0 Å². The molecule has 1 aromatic rings. The highest BCUT2D eigenvalue weighted by atomic mass is 35.5. The highest BCUT2D eigenvalue weighted by Crippen LogP contribution is 2.23. The second-order valence-electron chi connectivity index (χ2n) is 6.59. The smallest absolute Gasteiger partial charge is 0.230 e. The number of hydrogen-bond donors (Lipinski definition) is 3. The first-order valence-electron chi connectivity index (χ1n) is 9.19. The molecule has 7 nitrogen and oxygen atoms in total. The molecule has 3 rings (SSSR count). The average Bonchev–Trinajstić information content (AvgIpc) is 2.74. The summed E-state index contributed by atoms with van der Waals surface area (Å²) in [5.74, 6) is 0.902. The highest BCUT2D eigenvalue weighted by Gasteiger charge is 2.21. The van der Waals surface area contributed by atoms with Crippen molar-refractivity contribution in [2.45, 2.75) is 12.6 Å². The minimum Gasteiger partial charge on any atom is -0.481 e. The Morgan fingerprint density at radius 3 is 2.93 bits per heavy atom. The van der Waals surface area contributed by atoms with Crippen LogP contribution in [0, 0.1) is 0 Å². The quantitative estimate of drug-likeness (QED) is 0.552. The van der Waals surface area contributed by atoms with E-state index in [2.05, 4.69) is 21.1 Å². The minimum atomic E-state index is -0.0404. The number of thioether (sulfide) groups is 1. The van der Waals surface area contributed by atoms with Gasteiger partial charge in [0, 0.05) is 32.3 Å². The Morgan fingerprint density at radius 1 is 1.34 bits per heavy atom. The number of nitrogens with one attached hydrogen (secondary N) is 3. The van der Waals surface area contributed by atoms with Crippen molar-refractivity contribution >= 4 is 40.9 Å². The van der Waals surface area contributed by atoms with Crippen molar-refractivity contribution < 1.29 is 14.3 Å². The zero-order valence-electron chi connectivity index (χ0n) is 16.0. The Morgan fingerprint density at radius 2 is 2.21 bits per heavy atom. The van der Waals surface area contributed by atoms with Crippen LogP contribution in [0.5, 0.6) is 0 Å². The van der Waals surface area contributed by atoms with E-state index in [0.29, 0.717) is 34.8 Å². The van der Waals surface area contributed by atoms with Crippen LogP contribution in [0.15, 0.2) is 41.3 Å². The third-order valence-electron chi connectivity index (χ3n) is 4.41. The first-order chi connectivity index (χ1) is 14.0. The lowest BCUT2D eigenvalue weighted by Crippen LogP contribution is -2.47. The van der Waals surface area contributed by atoms with E-state index in [4.69, 9.17) is 32.7 Å². The lowest BCUT2D eigenvalue weighted by atomic mass is 10.2. The molecule has 0 radical (unpaired) electrons. The molecule has 10 heteroatoms. The van der Waals surface area contributed by atoms with Gasteiger partial charge in [-0.15, -0.1) is 0 Å². The van der Waals surface area contributed by atoms with Crippen LogP contribution in [0.4, 0.5) is 0 Å². The van der Waals surface area contributed by atoms with Gasteiger partial charge >= 0.3 is 0 Å². The zero-order valence-corrected chi connectivity index (χ0v) is 18.4. The summed E-state index contributed by atoms with van der Waals surface area (Å²) in [4.78, 5) is 14.4. The van der Waals surface area contributed by atoms with Crippen molar-refractivity contribution in [2.75, 3.05) is 39.1 Å². The molecule has 1 atom stereocenters. The summed E-state index contributed by atoms with van der Waals surface area (Å²) in [5.41, 5.74) is 6.96. The molecule has 3 N–H and O–H groups in total. The molecule has 0 saturated carbocycles. The molecule has 2 aliphatic rings. The van der Waals surface area contributed by atoms with Crippen molar-refractivity contribution in [3.8, 4) is 0 Å². The maximum Gasteiger partial charge on any atom is 0.230 e. The maximum atomic E-state index is 12.1. The van der Waals surface area contributed by atoms with E-state index in [1.165, 1.54) is 11.8 Å². The second-order valence-corrected chi connectivity index (χ2v) is 8.42. The highest BCUT2D eigenvalue weighted by molar-refractivity contribution is 8.03. The second kappa shape index (κ2) is 11.0. The Bertz CT molecular complexity index is 791. The van der Waals surface area contributed by atoms with Crippen molar-refractivity contribution in [2.24, 2.45) is 0 Å². The number of morpholine rings is 1. The maximum absolute atomic E-state index is 12.1. The molecule has 2 heterocycles. The number of methoxy groups -OCH3 is 1. The van der Waals surface area contributed by atoms with Gasteiger partial charge in [-0.05, 0) is 23.8 Å². The van der Waals surface area contributed by atoms with Gasteiger partial charge in [-0.25, -0.2) is 0 Å². The van der Waals surface area contributed by atoms with Gasteiger partial charge in [0.05, 0.1) is 40.6 Å². The van der Waals surface area contributed by atoms with E-state index in [0.717, 1.165) is 30.2 Å². The van der Waals surface area contributed by atoms with E-state index in [1.54, 1.807) is 13.2 Å². The fourth-order valence-corrected chi connectivity index (χ4v) is 3.92. The Kier molecular flexibility index (Phi) is 8.38. The van der Waals surface area contributed by atoms with Gasteiger partial charge in [-0.1, -0.05) is 41.0 Å². The molecule has 0 unspecified atom stereocenters. The fraction of sp³-hybridized carbons (Fsp3) is 0.421. The van der Waals surface area contributed by atoms with Crippen LogP contribution in [0.2, 0.25) is 10.0 Å². The van der Waals surface area contributed by atoms with E-state index >= 15 is 0 Å². The standard InChI is InChI=1S/C19H24Cl2N4O3S/c1-27-18-4-5-19(24-23-18)29-12-17(26)22-9-14-11-25(6-7-28-14)10-13-2-3-15(20)16(21)8-13/h2-5,8,14,23-24H,6-7,9-12H2,1H3,(H,22,26)/t14-/m0/s1. The van der Waals surface area contributed by atoms with Crippen molar-refractivity contribution in [1.29, 1.82) is 0 Å². The summed E-state index contributed by atoms with van der Waals surface area (Å²) in [7, 11) is 1.58. The van der Waals surface area contributed by atoms with Gasteiger partial charge in [0.1, 0.15) is 0 Å². The van der Waals surface area contributed by atoms with E-state index in [-0.39, 0.29) is 12.0 Å². The first kappa shape index (κ1) is 22.1. The molecule has 29 heavy (non-hydrogen) atoms. The van der Waals surface area contributed by atoms with E-state index < -0.39 is 0 Å². The molecule has 2 aliphatic heterocycles. The largest absolute Gasteiger partial charge is 0.481 e. The topological polar surface area (TPSA) is 74.9 Å². The van der Waals surface area contributed by atoms with Crippen LogP contribution in [0.25, 0.3) is 0 Å². The number of ether oxygens (including phenoxy) is 2. The third-order valence-corrected chi connectivity index (χ3v) is 6.11. The number of hydrazine groups is 1. The monoisotopic (exact) mass is 458 g/mol. The number of halogens is 2. The van der Waals surface area contributed by atoms with E-state index in [1.807, 2.05) is 24.3 Å². The molecule has 1 saturated heterocycles. The molecule has 158 valence electrons. The summed E-state index contributed by atoms with van der Waals surface area (Å²) in [5, 5.41) is 4.91. The molecular weight excluding hydrogens is 435 g/mol. The van der Waals surface area contributed by atoms with Crippen LogP contribution in [0.3, 0.4) is 0 Å². The predicted octanol–water partition coefficient (Wildman–Crippen LogP) is 2.48. The van der Waals surface area contributed by atoms with Crippen LogP contribution >= 0.6 is 35.0 Å². The summed E-state index contributed by atoms with van der Waals surface area (Å²) in [6.45, 7) is 3.46. The summed E-state index contributed by atoms with van der Waals surface area (Å²) < 4.78 is 10.8. The number of amides is 1. The summed E-state index contributed by atoms with van der Waals surface area (Å²) >= 11 is 13.5. The fourth-order valence-electron chi connectivity index (χ4n) is 2.93. The third kappa shape index (κ3) is 7.01. The van der Waals surface area contributed by atoms with Gasteiger partial charge < -0.3 is 14.8 Å². The zero-order chi connectivity index (χ0) is 20.6. The number of nitrogens with zero attached hydrogens (tertiary/aromatic N) is 1. The lowest BCUT2D eigenvalue weighted by Gasteiger charge is -2.33. The van der Waals surface area contributed by atoms with Crippen LogP contribution in [-0.2, 0) is 20.8 Å². The van der Waals surface area contributed by atoms with Crippen molar-refractivity contribution in [3.05, 3.63) is 56.9 Å². The molecule has 0 bridgehead atoms. The molecule has 1 fully saturated rings. The molecule has 1 amide bonds. The minimum absolute atomic E-state index is 0.0376. The Balaban J connectivity index is 1.39. The first-order valence-corrected chi connectivity index (χ1v) is 10.9. The van der Waals surface area contributed by atoms with Crippen molar-refractivity contribution in [3.63, 3.8) is 0 Å². The number of carbonyl (C=O) groups is 1. The average molecular weight is 459 g/mol. The Hall–Kier alpha value is -1.58. The predicted molar refractivity (Wildman–Crippen MR) is 116 cm³/mol. The van der Waals surface area contributed by atoms with Crippen LogP contribution in [-0.4, -0.2) is 56.0 Å². The van der Waals surface area contributed by atoms with Gasteiger partial charge in [-0.2, -0.15) is 0 Å². The van der Waals surface area contributed by atoms with Gasteiger partial charge in [0.25, 0.3) is 0 Å². The number of rotatable bonds is 8. The van der Waals surface area contributed by atoms with Gasteiger partial charge in [0.2, 0.25) is 11.8 Å². The SMILES string of the molecule is COC1=CC=C(SCC(=O)NC[C@H]2CN(Cc3ccc(Cl)c(Cl)c3)CCO2)NN1. The number of carbonyl (C=O) groups excluding carboxylic acids is 1. The van der Waals surface area contributed by atoms with E-state index in [9.17, 15) is 4.79 Å². The van der Waals surface area contributed by atoms with Crippen LogP contribution < -0.4 is 16.2 Å². The molecule has 0 spiro atoms. The molecular formula is C19H24Cl2N4O3S. The van der Waals surface area contributed by atoms with Crippen LogP contribution in [0.1, 0.15) is 5.56 Å². The number of benzene rings is 1. The lowest BCUT2D eigenvalue weighted by molar-refractivity contribution is -0.119. The molecule has 1 aromatic carbocycles. The summed E-state index contributed by atoms with van der Waals surface area (Å²) in [6.07, 6.45) is 3.62. The number of allylic oxidation sites excluding steroid dienone is 2. The normalized spacial score (nSPS) is 19.5. The molecule has 0 aromatic heterocycles.